The number of nitrogens with zero attached hydrogens (tertiary/aromatic N) is 3. The Morgan fingerprint density at radius 1 is 1.07 bits per heavy atom. The lowest BCUT2D eigenvalue weighted by Gasteiger charge is -2.12. The third kappa shape index (κ3) is 2.87. The number of imide groups is 1. The van der Waals surface area contributed by atoms with Gasteiger partial charge in [-0.05, 0) is 36.8 Å². The molecule has 1 aliphatic rings. The summed E-state index contributed by atoms with van der Waals surface area (Å²) in [6.07, 6.45) is 3.17. The summed E-state index contributed by atoms with van der Waals surface area (Å²) >= 11 is 0. The van der Waals surface area contributed by atoms with Crippen LogP contribution in [0.2, 0.25) is 0 Å². The summed E-state index contributed by atoms with van der Waals surface area (Å²) < 4.78 is 1.53. The van der Waals surface area contributed by atoms with E-state index in [2.05, 4.69) is 10.4 Å². The number of carbonyl (C=O) groups excluding carboxylic acids is 3. The van der Waals surface area contributed by atoms with Crippen molar-refractivity contribution in [3.8, 4) is 0 Å². The number of hydrogen-bond acceptors (Lipinski definition) is 4. The zero-order chi connectivity index (χ0) is 19.0. The molecule has 27 heavy (non-hydrogen) atoms. The molecule has 3 aromatic rings. The van der Waals surface area contributed by atoms with Crippen LogP contribution in [0.15, 0.2) is 48.8 Å². The van der Waals surface area contributed by atoms with Crippen molar-refractivity contribution in [2.45, 2.75) is 19.8 Å². The van der Waals surface area contributed by atoms with Crippen LogP contribution in [0.5, 0.6) is 0 Å². The summed E-state index contributed by atoms with van der Waals surface area (Å²) in [5, 5.41) is 0. The van der Waals surface area contributed by atoms with E-state index in [1.54, 1.807) is 12.1 Å². The largest absolute Gasteiger partial charge is 0.274 e. The second kappa shape index (κ2) is 6.68. The number of imidazole rings is 1. The monoisotopic (exact) mass is 362 g/mol. The average Bonchev–Trinajstić information content (AvgIpc) is 3.20. The molecule has 0 saturated heterocycles. The quantitative estimate of drug-likeness (QED) is 0.708. The number of unbranched alkanes of at least 4 members (excludes halogenated alkanes) is 1. The van der Waals surface area contributed by atoms with Crippen molar-refractivity contribution in [3.63, 3.8) is 0 Å². The Hall–Kier alpha value is -3.48. The molecule has 1 N–H and O–H groups in total. The molecule has 4 rings (SSSR count). The first-order valence-electron chi connectivity index (χ1n) is 8.84. The summed E-state index contributed by atoms with van der Waals surface area (Å²) in [4.78, 5) is 43.0. The molecule has 0 spiro atoms. The summed E-state index contributed by atoms with van der Waals surface area (Å²) in [5.74, 6) is -1.02. The van der Waals surface area contributed by atoms with Crippen molar-refractivity contribution >= 4 is 28.8 Å². The maximum Gasteiger partial charge on any atom is 0.270 e. The van der Waals surface area contributed by atoms with Gasteiger partial charge in [0, 0.05) is 12.1 Å². The van der Waals surface area contributed by atoms with Crippen molar-refractivity contribution < 1.29 is 14.4 Å². The fourth-order valence-corrected chi connectivity index (χ4v) is 3.17. The van der Waals surface area contributed by atoms with Gasteiger partial charge in [-0.2, -0.15) is 0 Å². The maximum absolute atomic E-state index is 12.6. The van der Waals surface area contributed by atoms with Crippen LogP contribution in [0, 0.1) is 0 Å². The van der Waals surface area contributed by atoms with Crippen LogP contribution in [0.1, 0.15) is 50.8 Å². The molecule has 0 saturated carbocycles. The van der Waals surface area contributed by atoms with Crippen LogP contribution in [0.4, 0.5) is 0 Å². The third-order valence-electron chi connectivity index (χ3n) is 4.64. The number of fused-ring (bicyclic) bond motifs is 2. The first-order chi connectivity index (χ1) is 13.1. The molecule has 0 unspecified atom stereocenters. The molecule has 2 aromatic carbocycles. The van der Waals surface area contributed by atoms with E-state index >= 15 is 0 Å². The predicted molar refractivity (Wildman–Crippen MR) is 100 cm³/mol. The number of nitrogens with one attached hydrogen (secondary N) is 1. The highest BCUT2D eigenvalue weighted by Gasteiger charge is 2.35. The van der Waals surface area contributed by atoms with E-state index in [0.717, 1.165) is 23.9 Å². The average molecular weight is 362 g/mol. The van der Waals surface area contributed by atoms with E-state index in [1.165, 1.54) is 22.0 Å². The highest BCUT2D eigenvalue weighted by Crippen LogP contribution is 2.24. The number of aromatic nitrogens is 2. The van der Waals surface area contributed by atoms with E-state index in [4.69, 9.17) is 0 Å². The second-order valence-electron chi connectivity index (χ2n) is 6.42. The number of rotatable bonds is 5. The highest BCUT2D eigenvalue weighted by atomic mass is 16.2. The number of amides is 3. The van der Waals surface area contributed by atoms with Gasteiger partial charge in [0.15, 0.2) is 0 Å². The molecule has 1 aliphatic heterocycles. The number of benzene rings is 2. The lowest BCUT2D eigenvalue weighted by atomic mass is 10.1. The summed E-state index contributed by atoms with van der Waals surface area (Å²) in [7, 11) is 0. The van der Waals surface area contributed by atoms with Gasteiger partial charge in [0.25, 0.3) is 17.7 Å². The zero-order valence-electron chi connectivity index (χ0n) is 14.8. The van der Waals surface area contributed by atoms with Crippen LogP contribution in [0.3, 0.4) is 0 Å². The predicted octanol–water partition coefficient (Wildman–Crippen LogP) is 2.82. The Balaban J connectivity index is 1.59. The van der Waals surface area contributed by atoms with Gasteiger partial charge in [-0.3, -0.25) is 24.7 Å². The lowest BCUT2D eigenvalue weighted by Crippen LogP contribution is -2.30. The normalized spacial score (nSPS) is 13.3. The van der Waals surface area contributed by atoms with Crippen LogP contribution in [0.25, 0.3) is 11.0 Å². The van der Waals surface area contributed by atoms with Crippen LogP contribution >= 0.6 is 0 Å². The Labute approximate surface area is 155 Å². The minimum atomic E-state index is -0.381. The van der Waals surface area contributed by atoms with Gasteiger partial charge in [-0.15, -0.1) is 0 Å². The van der Waals surface area contributed by atoms with Crippen molar-refractivity contribution in [1.29, 1.82) is 0 Å². The second-order valence-corrected chi connectivity index (χ2v) is 6.42. The van der Waals surface area contributed by atoms with Crippen LogP contribution < -0.4 is 5.43 Å². The fraction of sp³-hybridized carbons (Fsp3) is 0.200. The van der Waals surface area contributed by atoms with Crippen molar-refractivity contribution in [3.05, 3.63) is 65.5 Å². The van der Waals surface area contributed by atoms with Crippen molar-refractivity contribution in [2.75, 3.05) is 12.0 Å². The molecule has 0 radical (unpaired) electrons. The van der Waals surface area contributed by atoms with Gasteiger partial charge < -0.3 is 0 Å². The molecule has 0 bridgehead atoms. The summed E-state index contributed by atoms with van der Waals surface area (Å²) in [6, 6.07) is 12.0. The Kier molecular flexibility index (Phi) is 4.19. The molecular formula is C20H18N4O3. The molecule has 1 aromatic heterocycles. The van der Waals surface area contributed by atoms with Crippen molar-refractivity contribution in [1.82, 2.24) is 14.6 Å². The highest BCUT2D eigenvalue weighted by molar-refractivity contribution is 6.22. The molecule has 7 heteroatoms. The smallest absolute Gasteiger partial charge is 0.270 e. The van der Waals surface area contributed by atoms with E-state index in [-0.39, 0.29) is 23.3 Å². The first-order valence-corrected chi connectivity index (χ1v) is 8.84. The first kappa shape index (κ1) is 17.0. The van der Waals surface area contributed by atoms with Gasteiger partial charge in [0.05, 0.1) is 22.2 Å². The SMILES string of the molecule is CCCCN1C(=O)c2ccc(C(=O)Nn3cnc4ccccc43)cc2C1=O. The Morgan fingerprint density at radius 2 is 1.85 bits per heavy atom. The molecule has 0 fully saturated rings. The molecule has 7 nitrogen and oxygen atoms in total. The molecular weight excluding hydrogens is 344 g/mol. The fourth-order valence-electron chi connectivity index (χ4n) is 3.17. The minimum absolute atomic E-state index is 0.277. The third-order valence-corrected chi connectivity index (χ3v) is 4.64. The van der Waals surface area contributed by atoms with Crippen LogP contribution in [-0.2, 0) is 0 Å². The Morgan fingerprint density at radius 3 is 2.67 bits per heavy atom. The maximum atomic E-state index is 12.6. The standard InChI is InChI=1S/C20H18N4O3/c1-2-3-10-23-19(26)14-9-8-13(11-15(14)20(23)27)18(25)22-24-12-21-16-6-4-5-7-17(16)24/h4-9,11-12H,2-3,10H2,1H3,(H,22,25). The molecule has 0 aliphatic carbocycles. The number of para-hydroxylation sites is 2. The summed E-state index contributed by atoms with van der Waals surface area (Å²) in [6.45, 7) is 2.39. The molecule has 3 amide bonds. The van der Waals surface area contributed by atoms with Crippen molar-refractivity contribution in [2.24, 2.45) is 0 Å². The molecule has 136 valence electrons. The molecule has 2 heterocycles. The van der Waals surface area contributed by atoms with Gasteiger partial charge in [-0.1, -0.05) is 25.5 Å². The summed E-state index contributed by atoms with van der Waals surface area (Å²) in [5.41, 5.74) is 5.22. The van der Waals surface area contributed by atoms with E-state index in [1.807, 2.05) is 31.2 Å². The van der Waals surface area contributed by atoms with Crippen LogP contribution in [-0.4, -0.2) is 38.8 Å². The van der Waals surface area contributed by atoms with E-state index in [9.17, 15) is 14.4 Å². The topological polar surface area (TPSA) is 84.3 Å². The molecule has 0 atom stereocenters. The van der Waals surface area contributed by atoms with Gasteiger partial charge >= 0.3 is 0 Å². The van der Waals surface area contributed by atoms with E-state index < -0.39 is 0 Å². The van der Waals surface area contributed by atoms with Gasteiger partial charge in [-0.25, -0.2) is 9.66 Å². The lowest BCUT2D eigenvalue weighted by molar-refractivity contribution is 0.0652. The number of hydrogen-bond donors (Lipinski definition) is 1. The van der Waals surface area contributed by atoms with E-state index in [0.29, 0.717) is 17.7 Å². The van der Waals surface area contributed by atoms with Gasteiger partial charge in [0.2, 0.25) is 0 Å². The van der Waals surface area contributed by atoms with Gasteiger partial charge in [0.1, 0.15) is 6.33 Å². The number of carbonyl (C=O) groups is 3. The Bertz CT molecular complexity index is 1070. The zero-order valence-corrected chi connectivity index (χ0v) is 14.8. The minimum Gasteiger partial charge on any atom is -0.274 e.